The zero-order valence-electron chi connectivity index (χ0n) is 11.9. The molecular formula is C14H17N3O3S. The molecule has 0 atom stereocenters. The largest absolute Gasteiger partial charge is 0.490 e. The Kier molecular flexibility index (Phi) is 5.13. The first kappa shape index (κ1) is 15.3. The van der Waals surface area contributed by atoms with Crippen LogP contribution in [-0.4, -0.2) is 17.5 Å². The Morgan fingerprint density at radius 3 is 2.62 bits per heavy atom. The molecule has 0 saturated heterocycles. The van der Waals surface area contributed by atoms with Gasteiger partial charge in [-0.25, -0.2) is 10.8 Å². The molecule has 112 valence electrons. The summed E-state index contributed by atoms with van der Waals surface area (Å²) in [5.74, 6) is 6.13. The first-order chi connectivity index (χ1) is 10.2. The Morgan fingerprint density at radius 1 is 1.33 bits per heavy atom. The fourth-order valence-electron chi connectivity index (χ4n) is 1.77. The summed E-state index contributed by atoms with van der Waals surface area (Å²) < 4.78 is 11.2. The van der Waals surface area contributed by atoms with Crippen molar-refractivity contribution in [2.45, 2.75) is 20.5 Å². The number of hydrazine groups is 1. The molecule has 0 bridgehead atoms. The third-order valence-corrected chi connectivity index (χ3v) is 3.81. The highest BCUT2D eigenvalue weighted by Crippen LogP contribution is 2.28. The number of nitrogens with two attached hydrogens (primary N) is 1. The van der Waals surface area contributed by atoms with Gasteiger partial charge in [0.05, 0.1) is 12.3 Å². The average Bonchev–Trinajstić information content (AvgIpc) is 2.87. The minimum atomic E-state index is -0.342. The minimum Gasteiger partial charge on any atom is -0.490 e. The lowest BCUT2D eigenvalue weighted by Crippen LogP contribution is -2.29. The lowest BCUT2D eigenvalue weighted by Gasteiger charge is -2.10. The predicted molar refractivity (Wildman–Crippen MR) is 80.4 cm³/mol. The minimum absolute atomic E-state index is 0.271. The van der Waals surface area contributed by atoms with Crippen LogP contribution >= 0.6 is 11.3 Å². The van der Waals surface area contributed by atoms with E-state index >= 15 is 0 Å². The number of nitrogen functional groups attached to an aromatic ring is 1. The van der Waals surface area contributed by atoms with Crippen LogP contribution in [0.5, 0.6) is 11.5 Å². The lowest BCUT2D eigenvalue weighted by molar-refractivity contribution is 0.0957. The molecular weight excluding hydrogens is 290 g/mol. The van der Waals surface area contributed by atoms with Gasteiger partial charge in [0.1, 0.15) is 16.5 Å². The van der Waals surface area contributed by atoms with E-state index in [1.165, 1.54) is 11.3 Å². The Morgan fingerprint density at radius 2 is 2.00 bits per heavy atom. The summed E-state index contributed by atoms with van der Waals surface area (Å²) in [6.07, 6.45) is 0. The van der Waals surface area contributed by atoms with Crippen molar-refractivity contribution in [2.75, 3.05) is 6.61 Å². The molecule has 3 N–H and O–H groups in total. The molecule has 0 spiro atoms. The van der Waals surface area contributed by atoms with Gasteiger partial charge in [0.15, 0.2) is 11.5 Å². The molecule has 0 aliphatic carbocycles. The molecule has 2 rings (SSSR count). The van der Waals surface area contributed by atoms with E-state index in [2.05, 4.69) is 10.4 Å². The van der Waals surface area contributed by atoms with Crippen LogP contribution in [-0.2, 0) is 6.61 Å². The van der Waals surface area contributed by atoms with Gasteiger partial charge in [-0.1, -0.05) is 12.1 Å². The topological polar surface area (TPSA) is 86.5 Å². The van der Waals surface area contributed by atoms with E-state index in [-0.39, 0.29) is 12.5 Å². The van der Waals surface area contributed by atoms with Gasteiger partial charge in [-0.2, -0.15) is 0 Å². The van der Waals surface area contributed by atoms with Crippen molar-refractivity contribution >= 4 is 17.2 Å². The molecule has 0 saturated carbocycles. The van der Waals surface area contributed by atoms with E-state index in [0.29, 0.717) is 33.7 Å². The van der Waals surface area contributed by atoms with E-state index in [0.717, 1.165) is 0 Å². The normalized spacial score (nSPS) is 10.2. The summed E-state index contributed by atoms with van der Waals surface area (Å²) in [7, 11) is 0. The van der Waals surface area contributed by atoms with Crippen molar-refractivity contribution in [1.82, 2.24) is 10.4 Å². The van der Waals surface area contributed by atoms with E-state index < -0.39 is 0 Å². The van der Waals surface area contributed by atoms with Crippen molar-refractivity contribution < 1.29 is 14.3 Å². The molecule has 1 aromatic heterocycles. The van der Waals surface area contributed by atoms with Crippen molar-refractivity contribution in [3.8, 4) is 11.5 Å². The molecule has 1 heterocycles. The van der Waals surface area contributed by atoms with E-state index in [4.69, 9.17) is 15.3 Å². The quantitative estimate of drug-likeness (QED) is 0.484. The number of benzene rings is 1. The zero-order chi connectivity index (χ0) is 15.2. The van der Waals surface area contributed by atoms with Crippen LogP contribution in [0.3, 0.4) is 0 Å². The Labute approximate surface area is 126 Å². The van der Waals surface area contributed by atoms with Crippen molar-refractivity contribution in [3.05, 3.63) is 39.8 Å². The van der Waals surface area contributed by atoms with Crippen molar-refractivity contribution in [3.63, 3.8) is 0 Å². The molecule has 0 unspecified atom stereocenters. The van der Waals surface area contributed by atoms with Crippen LogP contribution in [0.2, 0.25) is 0 Å². The first-order valence-corrected chi connectivity index (χ1v) is 7.29. The molecule has 21 heavy (non-hydrogen) atoms. The summed E-state index contributed by atoms with van der Waals surface area (Å²) >= 11 is 1.26. The van der Waals surface area contributed by atoms with Gasteiger partial charge in [0, 0.05) is 0 Å². The van der Waals surface area contributed by atoms with Gasteiger partial charge in [-0.05, 0) is 26.0 Å². The summed E-state index contributed by atoms with van der Waals surface area (Å²) in [6, 6.07) is 7.44. The third kappa shape index (κ3) is 3.71. The van der Waals surface area contributed by atoms with Crippen LogP contribution in [0.25, 0.3) is 0 Å². The van der Waals surface area contributed by atoms with Gasteiger partial charge in [-0.15, -0.1) is 11.3 Å². The Bertz CT molecular complexity index is 628. The second kappa shape index (κ2) is 7.05. The molecule has 0 aliphatic rings. The fraction of sp³-hybridized carbons (Fsp3) is 0.286. The number of amides is 1. The number of ether oxygens (including phenoxy) is 2. The van der Waals surface area contributed by atoms with Crippen LogP contribution in [0, 0.1) is 6.92 Å². The number of nitrogens with zero attached hydrogens (tertiary/aromatic N) is 1. The van der Waals surface area contributed by atoms with Gasteiger partial charge in [-0.3, -0.25) is 10.2 Å². The highest BCUT2D eigenvalue weighted by atomic mass is 32.1. The second-order valence-electron chi connectivity index (χ2n) is 4.16. The van der Waals surface area contributed by atoms with E-state index in [9.17, 15) is 4.79 Å². The van der Waals surface area contributed by atoms with E-state index in [1.54, 1.807) is 6.92 Å². The number of carbonyl (C=O) groups is 1. The Balaban J connectivity index is 2.08. The maximum Gasteiger partial charge on any atom is 0.277 e. The third-order valence-electron chi connectivity index (χ3n) is 2.68. The molecule has 0 fully saturated rings. The zero-order valence-corrected chi connectivity index (χ0v) is 12.7. The number of nitrogens with one attached hydrogen (secondary N) is 1. The van der Waals surface area contributed by atoms with E-state index in [1.807, 2.05) is 31.2 Å². The smallest absolute Gasteiger partial charge is 0.277 e. The Hall–Kier alpha value is -2.12. The fourth-order valence-corrected chi connectivity index (χ4v) is 2.65. The summed E-state index contributed by atoms with van der Waals surface area (Å²) in [6.45, 7) is 4.52. The maximum absolute atomic E-state index is 11.5. The van der Waals surface area contributed by atoms with Gasteiger partial charge in [0.2, 0.25) is 0 Å². The SMILES string of the molecule is CCOc1ccccc1OCc1nc(C)c(C(=O)NN)s1. The molecule has 7 heteroatoms. The lowest BCUT2D eigenvalue weighted by atomic mass is 10.3. The molecule has 2 aromatic rings. The van der Waals surface area contributed by atoms with Crippen LogP contribution in [0.15, 0.2) is 24.3 Å². The number of hydrogen-bond donors (Lipinski definition) is 2. The molecule has 1 aromatic carbocycles. The molecule has 0 radical (unpaired) electrons. The predicted octanol–water partition coefficient (Wildman–Crippen LogP) is 2.03. The molecule has 6 nitrogen and oxygen atoms in total. The summed E-state index contributed by atoms with van der Waals surface area (Å²) in [5, 5.41) is 0.706. The number of carbonyl (C=O) groups excluding carboxylic acids is 1. The second-order valence-corrected chi connectivity index (χ2v) is 5.25. The standard InChI is InChI=1S/C14H17N3O3S/c1-3-19-10-6-4-5-7-11(10)20-8-12-16-9(2)13(21-12)14(18)17-15/h4-7H,3,8,15H2,1-2H3,(H,17,18). The number of hydrogen-bond acceptors (Lipinski definition) is 6. The average molecular weight is 307 g/mol. The number of para-hydroxylation sites is 2. The van der Waals surface area contributed by atoms with Crippen LogP contribution in [0.1, 0.15) is 27.3 Å². The highest BCUT2D eigenvalue weighted by Gasteiger charge is 2.15. The van der Waals surface area contributed by atoms with Crippen molar-refractivity contribution in [1.29, 1.82) is 0 Å². The summed E-state index contributed by atoms with van der Waals surface area (Å²) in [5.41, 5.74) is 2.74. The van der Waals surface area contributed by atoms with Crippen LogP contribution < -0.4 is 20.7 Å². The van der Waals surface area contributed by atoms with Crippen molar-refractivity contribution in [2.24, 2.45) is 5.84 Å². The number of aromatic nitrogens is 1. The number of rotatable bonds is 6. The van der Waals surface area contributed by atoms with Crippen LogP contribution in [0.4, 0.5) is 0 Å². The maximum atomic E-state index is 11.5. The molecule has 0 aliphatic heterocycles. The monoisotopic (exact) mass is 307 g/mol. The summed E-state index contributed by atoms with van der Waals surface area (Å²) in [4.78, 5) is 16.3. The van der Waals surface area contributed by atoms with Gasteiger partial charge in [0.25, 0.3) is 5.91 Å². The van der Waals surface area contributed by atoms with Gasteiger partial charge >= 0.3 is 0 Å². The first-order valence-electron chi connectivity index (χ1n) is 6.47. The highest BCUT2D eigenvalue weighted by molar-refractivity contribution is 7.13. The number of aryl methyl sites for hydroxylation is 1. The molecule has 1 amide bonds. The number of thiazole rings is 1. The van der Waals surface area contributed by atoms with Gasteiger partial charge < -0.3 is 9.47 Å².